The van der Waals surface area contributed by atoms with Gasteiger partial charge in [0.1, 0.15) is 0 Å². The molecule has 2 aromatic rings. The quantitative estimate of drug-likeness (QED) is 0.522. The number of nitrogens with one attached hydrogen (secondary N) is 1. The van der Waals surface area contributed by atoms with Crippen LogP contribution < -0.4 is 5.32 Å². The number of sulfonamides is 1. The van der Waals surface area contributed by atoms with Gasteiger partial charge in [-0.25, -0.2) is 13.2 Å². The zero-order chi connectivity index (χ0) is 22.4. The van der Waals surface area contributed by atoms with Crippen LogP contribution in [0.15, 0.2) is 59.0 Å². The molecule has 1 aliphatic rings. The van der Waals surface area contributed by atoms with Crippen LogP contribution in [0.1, 0.15) is 19.4 Å². The molecular formula is C23H29N3O4S. The Balaban J connectivity index is 1.65. The summed E-state index contributed by atoms with van der Waals surface area (Å²) in [6, 6.07) is 14.4. The Hall–Kier alpha value is -2.68. The molecule has 1 heterocycles. The molecule has 0 aliphatic carbocycles. The molecular weight excluding hydrogens is 414 g/mol. The van der Waals surface area contributed by atoms with Crippen molar-refractivity contribution in [3.63, 3.8) is 0 Å². The van der Waals surface area contributed by atoms with E-state index in [9.17, 15) is 13.2 Å². The molecule has 0 bridgehead atoms. The zero-order valence-corrected chi connectivity index (χ0v) is 19.0. The number of likely N-dealkylation sites (N-methyl/N-ethyl adjacent to an activating group) is 1. The summed E-state index contributed by atoms with van der Waals surface area (Å²) < 4.78 is 32.2. The van der Waals surface area contributed by atoms with E-state index >= 15 is 0 Å². The maximum atomic E-state index is 12.8. The predicted molar refractivity (Wildman–Crippen MR) is 123 cm³/mol. The van der Waals surface area contributed by atoms with Crippen molar-refractivity contribution >= 4 is 33.4 Å². The number of rotatable bonds is 7. The SMILES string of the molecule is CCOC(=O)C(C)=Cc1ccc(Nc2ccc(S(=O)(=O)N3CCN(C)CC3)cc2)cc1. The number of hydrogen-bond acceptors (Lipinski definition) is 6. The number of piperazine rings is 1. The minimum atomic E-state index is -3.47. The van der Waals surface area contributed by atoms with Gasteiger partial charge in [0.2, 0.25) is 10.0 Å². The van der Waals surface area contributed by atoms with Gasteiger partial charge in [-0.15, -0.1) is 0 Å². The summed E-state index contributed by atoms with van der Waals surface area (Å²) in [6.45, 7) is 6.35. The molecule has 0 unspecified atom stereocenters. The molecule has 1 N–H and O–H groups in total. The van der Waals surface area contributed by atoms with Crippen molar-refractivity contribution in [2.24, 2.45) is 0 Å². The van der Waals surface area contributed by atoms with Gasteiger partial charge < -0.3 is 15.0 Å². The maximum absolute atomic E-state index is 12.8. The van der Waals surface area contributed by atoms with E-state index in [1.165, 1.54) is 0 Å². The number of hydrogen-bond donors (Lipinski definition) is 1. The molecule has 0 spiro atoms. The number of ether oxygens (including phenoxy) is 1. The molecule has 1 saturated heterocycles. The first-order valence-corrected chi connectivity index (χ1v) is 11.7. The summed E-state index contributed by atoms with van der Waals surface area (Å²) in [6.07, 6.45) is 1.78. The van der Waals surface area contributed by atoms with E-state index in [4.69, 9.17) is 4.74 Å². The Bertz CT molecular complexity index is 1020. The van der Waals surface area contributed by atoms with Crippen LogP contribution >= 0.6 is 0 Å². The largest absolute Gasteiger partial charge is 0.463 e. The van der Waals surface area contributed by atoms with Crippen molar-refractivity contribution in [1.29, 1.82) is 0 Å². The molecule has 0 aromatic heterocycles. The first-order valence-electron chi connectivity index (χ1n) is 10.3. The van der Waals surface area contributed by atoms with E-state index in [-0.39, 0.29) is 5.97 Å². The zero-order valence-electron chi connectivity index (χ0n) is 18.2. The lowest BCUT2D eigenvalue weighted by Crippen LogP contribution is -2.46. The normalized spacial score (nSPS) is 16.2. The van der Waals surface area contributed by atoms with Crippen LogP contribution in [0.3, 0.4) is 0 Å². The average Bonchev–Trinajstić information content (AvgIpc) is 2.76. The number of nitrogens with zero attached hydrogens (tertiary/aromatic N) is 2. The van der Waals surface area contributed by atoms with Crippen molar-refractivity contribution < 1.29 is 17.9 Å². The maximum Gasteiger partial charge on any atom is 0.333 e. The predicted octanol–water partition coefficient (Wildman–Crippen LogP) is 3.33. The lowest BCUT2D eigenvalue weighted by Gasteiger charge is -2.31. The molecule has 166 valence electrons. The first kappa shape index (κ1) is 23.0. The highest BCUT2D eigenvalue weighted by Gasteiger charge is 2.27. The second-order valence-corrected chi connectivity index (χ2v) is 9.46. The Morgan fingerprint density at radius 3 is 2.10 bits per heavy atom. The van der Waals surface area contributed by atoms with Crippen molar-refractivity contribution in [1.82, 2.24) is 9.21 Å². The lowest BCUT2D eigenvalue weighted by atomic mass is 10.1. The molecule has 0 atom stereocenters. The van der Waals surface area contributed by atoms with Crippen LogP contribution in [-0.2, 0) is 19.6 Å². The van der Waals surface area contributed by atoms with Gasteiger partial charge in [-0.2, -0.15) is 4.31 Å². The fourth-order valence-corrected chi connectivity index (χ4v) is 4.69. The van der Waals surface area contributed by atoms with E-state index in [2.05, 4.69) is 10.2 Å². The second-order valence-electron chi connectivity index (χ2n) is 7.53. The van der Waals surface area contributed by atoms with Gasteiger partial charge in [0.25, 0.3) is 0 Å². The molecule has 1 fully saturated rings. The van der Waals surface area contributed by atoms with Crippen molar-refractivity contribution in [3.05, 3.63) is 59.7 Å². The summed E-state index contributed by atoms with van der Waals surface area (Å²) in [5.41, 5.74) is 3.09. The number of esters is 1. The van der Waals surface area contributed by atoms with Crippen molar-refractivity contribution in [2.45, 2.75) is 18.7 Å². The van der Waals surface area contributed by atoms with Crippen LogP contribution in [-0.4, -0.2) is 63.4 Å². The summed E-state index contributed by atoms with van der Waals surface area (Å²) in [4.78, 5) is 14.1. The van der Waals surface area contributed by atoms with Gasteiger partial charge in [0, 0.05) is 43.1 Å². The molecule has 1 aliphatic heterocycles. The number of carbonyl (C=O) groups excluding carboxylic acids is 1. The van der Waals surface area contributed by atoms with Gasteiger partial charge >= 0.3 is 5.97 Å². The molecule has 7 nitrogen and oxygen atoms in total. The number of carbonyl (C=O) groups is 1. The van der Waals surface area contributed by atoms with Gasteiger partial charge in [-0.1, -0.05) is 12.1 Å². The van der Waals surface area contributed by atoms with Crippen LogP contribution in [0.2, 0.25) is 0 Å². The Labute approximate surface area is 184 Å². The third-order valence-corrected chi connectivity index (χ3v) is 7.05. The monoisotopic (exact) mass is 443 g/mol. The Kier molecular flexibility index (Phi) is 7.48. The van der Waals surface area contributed by atoms with Crippen molar-refractivity contribution in [2.75, 3.05) is 45.2 Å². The smallest absolute Gasteiger partial charge is 0.333 e. The molecule has 0 saturated carbocycles. The van der Waals surface area contributed by atoms with Crippen LogP contribution in [0.5, 0.6) is 0 Å². The molecule has 31 heavy (non-hydrogen) atoms. The summed E-state index contributed by atoms with van der Waals surface area (Å²) in [5, 5.41) is 3.26. The Morgan fingerprint density at radius 1 is 1.00 bits per heavy atom. The second kappa shape index (κ2) is 10.1. The van der Waals surface area contributed by atoms with Gasteiger partial charge in [0.05, 0.1) is 11.5 Å². The highest BCUT2D eigenvalue weighted by Crippen LogP contribution is 2.22. The molecule has 0 radical (unpaired) electrons. The number of anilines is 2. The van der Waals surface area contributed by atoms with Gasteiger partial charge in [0.15, 0.2) is 0 Å². The molecule has 0 amide bonds. The third-order valence-electron chi connectivity index (χ3n) is 5.13. The highest BCUT2D eigenvalue weighted by atomic mass is 32.2. The summed E-state index contributed by atoms with van der Waals surface area (Å²) in [7, 11) is -1.47. The highest BCUT2D eigenvalue weighted by molar-refractivity contribution is 7.89. The molecule has 8 heteroatoms. The minimum Gasteiger partial charge on any atom is -0.463 e. The van der Waals surface area contributed by atoms with E-state index in [1.807, 2.05) is 31.3 Å². The van der Waals surface area contributed by atoms with Gasteiger partial charge in [-0.3, -0.25) is 0 Å². The van der Waals surface area contributed by atoms with E-state index in [0.717, 1.165) is 30.0 Å². The molecule has 2 aromatic carbocycles. The van der Waals surface area contributed by atoms with Gasteiger partial charge in [-0.05, 0) is 68.9 Å². The van der Waals surface area contributed by atoms with Crippen LogP contribution in [0.4, 0.5) is 11.4 Å². The fourth-order valence-electron chi connectivity index (χ4n) is 3.27. The Morgan fingerprint density at radius 2 is 1.55 bits per heavy atom. The van der Waals surface area contributed by atoms with Crippen LogP contribution in [0.25, 0.3) is 6.08 Å². The third kappa shape index (κ3) is 5.94. The standard InChI is InChI=1S/C23H29N3O4S/c1-4-30-23(27)18(2)17-19-5-7-20(8-6-19)24-21-9-11-22(12-10-21)31(28,29)26-15-13-25(3)14-16-26/h5-12,17,24H,4,13-16H2,1-3H3. The van der Waals surface area contributed by atoms with E-state index in [0.29, 0.717) is 30.2 Å². The summed E-state index contributed by atoms with van der Waals surface area (Å²) in [5.74, 6) is -0.323. The number of benzene rings is 2. The summed E-state index contributed by atoms with van der Waals surface area (Å²) >= 11 is 0. The lowest BCUT2D eigenvalue weighted by molar-refractivity contribution is -0.138. The fraction of sp³-hybridized carbons (Fsp3) is 0.348. The first-order chi connectivity index (χ1) is 14.8. The van der Waals surface area contributed by atoms with Crippen molar-refractivity contribution in [3.8, 4) is 0 Å². The van der Waals surface area contributed by atoms with E-state index < -0.39 is 10.0 Å². The minimum absolute atomic E-state index is 0.303. The molecule has 3 rings (SSSR count). The van der Waals surface area contributed by atoms with Crippen LogP contribution in [0, 0.1) is 0 Å². The average molecular weight is 444 g/mol. The topological polar surface area (TPSA) is 78.9 Å². The van der Waals surface area contributed by atoms with E-state index in [1.54, 1.807) is 48.5 Å².